The van der Waals surface area contributed by atoms with E-state index in [0.29, 0.717) is 32.5 Å². The number of rotatable bonds is 4. The first kappa shape index (κ1) is 15.6. The number of carbonyl (C=O) groups is 2. The van der Waals surface area contributed by atoms with E-state index in [-0.39, 0.29) is 5.91 Å². The molecule has 1 aliphatic heterocycles. The first-order valence-corrected chi connectivity index (χ1v) is 8.05. The van der Waals surface area contributed by atoms with Crippen molar-refractivity contribution in [3.8, 4) is 0 Å². The van der Waals surface area contributed by atoms with E-state index in [1.807, 2.05) is 30.5 Å². The van der Waals surface area contributed by atoms with Gasteiger partial charge in [-0.1, -0.05) is 18.2 Å². The van der Waals surface area contributed by atoms with Crippen molar-refractivity contribution >= 4 is 22.8 Å². The predicted molar refractivity (Wildman–Crippen MR) is 88.1 cm³/mol. The summed E-state index contributed by atoms with van der Waals surface area (Å²) in [6.07, 6.45) is 3.78. The predicted octanol–water partition coefficient (Wildman–Crippen LogP) is 2.74. The van der Waals surface area contributed by atoms with Crippen molar-refractivity contribution < 1.29 is 14.7 Å². The van der Waals surface area contributed by atoms with Crippen LogP contribution in [0, 0.1) is 5.41 Å². The van der Waals surface area contributed by atoms with Crippen LogP contribution in [0.5, 0.6) is 0 Å². The van der Waals surface area contributed by atoms with Gasteiger partial charge in [-0.2, -0.15) is 0 Å². The van der Waals surface area contributed by atoms with Crippen LogP contribution in [-0.4, -0.2) is 39.5 Å². The fourth-order valence-electron chi connectivity index (χ4n) is 3.34. The minimum atomic E-state index is -0.814. The van der Waals surface area contributed by atoms with E-state index in [0.717, 1.165) is 17.3 Å². The Morgan fingerprint density at radius 2 is 2.04 bits per heavy atom. The molecule has 2 heterocycles. The molecule has 5 heteroatoms. The number of aromatic nitrogens is 1. The third-order valence-electron chi connectivity index (χ3n) is 4.81. The third-order valence-corrected chi connectivity index (χ3v) is 4.81. The monoisotopic (exact) mass is 314 g/mol. The second kappa shape index (κ2) is 6.07. The molecule has 1 unspecified atom stereocenters. The Balaban J connectivity index is 1.64. The van der Waals surface area contributed by atoms with E-state index in [1.165, 1.54) is 0 Å². The Hall–Kier alpha value is -2.30. The van der Waals surface area contributed by atoms with Crippen molar-refractivity contribution in [3.05, 3.63) is 36.5 Å². The summed E-state index contributed by atoms with van der Waals surface area (Å²) >= 11 is 0. The van der Waals surface area contributed by atoms with Gasteiger partial charge in [-0.05, 0) is 37.3 Å². The number of amides is 1. The molecule has 0 radical (unpaired) electrons. The number of aliphatic carboxylic acids is 1. The lowest BCUT2D eigenvalue weighted by Gasteiger charge is -2.37. The molecule has 0 spiro atoms. The number of aryl methyl sites for hydroxylation is 1. The summed E-state index contributed by atoms with van der Waals surface area (Å²) < 4.78 is 2.08. The zero-order valence-corrected chi connectivity index (χ0v) is 13.4. The van der Waals surface area contributed by atoms with Gasteiger partial charge in [0.25, 0.3) is 0 Å². The molecule has 1 aromatic heterocycles. The zero-order chi connectivity index (χ0) is 16.4. The fraction of sp³-hybridized carbons (Fsp3) is 0.444. The first-order chi connectivity index (χ1) is 11.0. The molecule has 1 aliphatic rings. The number of carbonyl (C=O) groups excluding carboxylic acids is 1. The highest BCUT2D eigenvalue weighted by Crippen LogP contribution is 2.30. The van der Waals surface area contributed by atoms with Crippen LogP contribution in [0.2, 0.25) is 0 Å². The molecule has 1 atom stereocenters. The SMILES string of the molecule is CC1(C(=O)O)CCCN(C(=O)CCn2ccc3ccccc32)C1. The average Bonchev–Trinajstić information content (AvgIpc) is 2.96. The molecule has 0 aliphatic carbocycles. The molecule has 122 valence electrons. The molecule has 0 bridgehead atoms. The van der Waals surface area contributed by atoms with Gasteiger partial charge in [-0.3, -0.25) is 9.59 Å². The molecule has 1 amide bonds. The van der Waals surface area contributed by atoms with Gasteiger partial charge in [0.05, 0.1) is 5.41 Å². The maximum atomic E-state index is 12.5. The van der Waals surface area contributed by atoms with E-state index in [1.54, 1.807) is 11.8 Å². The lowest BCUT2D eigenvalue weighted by Crippen LogP contribution is -2.48. The van der Waals surface area contributed by atoms with Crippen LogP contribution >= 0.6 is 0 Å². The number of benzene rings is 1. The van der Waals surface area contributed by atoms with Gasteiger partial charge >= 0.3 is 5.97 Å². The van der Waals surface area contributed by atoms with Crippen LogP contribution in [0.4, 0.5) is 0 Å². The molecule has 2 aromatic rings. The van der Waals surface area contributed by atoms with Crippen molar-refractivity contribution in [2.45, 2.75) is 32.7 Å². The summed E-state index contributed by atoms with van der Waals surface area (Å²) in [5.41, 5.74) is 0.308. The minimum absolute atomic E-state index is 0.0370. The van der Waals surface area contributed by atoms with Gasteiger partial charge in [0, 0.05) is 37.8 Å². The summed E-state index contributed by atoms with van der Waals surface area (Å²) in [4.78, 5) is 25.6. The summed E-state index contributed by atoms with van der Waals surface area (Å²) in [6.45, 7) is 3.32. The van der Waals surface area contributed by atoms with E-state index in [4.69, 9.17) is 0 Å². The van der Waals surface area contributed by atoms with E-state index in [9.17, 15) is 14.7 Å². The summed E-state index contributed by atoms with van der Waals surface area (Å²) in [6, 6.07) is 10.1. The van der Waals surface area contributed by atoms with Crippen molar-refractivity contribution in [1.82, 2.24) is 9.47 Å². The average molecular weight is 314 g/mol. The quantitative estimate of drug-likeness (QED) is 0.944. The van der Waals surface area contributed by atoms with Crippen LogP contribution in [0.3, 0.4) is 0 Å². The lowest BCUT2D eigenvalue weighted by atomic mass is 9.82. The van der Waals surface area contributed by atoms with Crippen LogP contribution in [0.1, 0.15) is 26.2 Å². The summed E-state index contributed by atoms with van der Waals surface area (Å²) in [7, 11) is 0. The molecular formula is C18H22N2O3. The summed E-state index contributed by atoms with van der Waals surface area (Å²) in [5, 5.41) is 10.5. The Bertz CT molecular complexity index is 737. The molecule has 1 saturated heterocycles. The lowest BCUT2D eigenvalue weighted by molar-refractivity contribution is -0.153. The van der Waals surface area contributed by atoms with E-state index >= 15 is 0 Å². The standard InChI is InChI=1S/C18H22N2O3/c1-18(17(22)23)9-4-10-20(13-18)16(21)8-12-19-11-7-14-5-2-3-6-15(14)19/h2-3,5-7,11H,4,8-10,12-13H2,1H3,(H,22,23). The van der Waals surface area contributed by atoms with Crippen LogP contribution < -0.4 is 0 Å². The number of carboxylic acids is 1. The van der Waals surface area contributed by atoms with E-state index in [2.05, 4.69) is 10.6 Å². The van der Waals surface area contributed by atoms with Crippen molar-refractivity contribution in [1.29, 1.82) is 0 Å². The zero-order valence-electron chi connectivity index (χ0n) is 13.4. The smallest absolute Gasteiger partial charge is 0.311 e. The van der Waals surface area contributed by atoms with Crippen molar-refractivity contribution in [2.24, 2.45) is 5.41 Å². The molecule has 0 saturated carbocycles. The second-order valence-electron chi connectivity index (χ2n) is 6.60. The topological polar surface area (TPSA) is 62.5 Å². The number of piperidine rings is 1. The molecule has 1 aromatic carbocycles. The number of hydrogen-bond donors (Lipinski definition) is 1. The van der Waals surface area contributed by atoms with Crippen molar-refractivity contribution in [2.75, 3.05) is 13.1 Å². The highest BCUT2D eigenvalue weighted by Gasteiger charge is 2.39. The van der Waals surface area contributed by atoms with Gasteiger partial charge in [0.1, 0.15) is 0 Å². The second-order valence-corrected chi connectivity index (χ2v) is 6.60. The number of para-hydroxylation sites is 1. The van der Waals surface area contributed by atoms with Crippen LogP contribution in [0.25, 0.3) is 10.9 Å². The molecule has 1 N–H and O–H groups in total. The molecule has 5 nitrogen and oxygen atoms in total. The third kappa shape index (κ3) is 3.09. The van der Waals surface area contributed by atoms with E-state index < -0.39 is 11.4 Å². The Morgan fingerprint density at radius 3 is 2.83 bits per heavy atom. The Morgan fingerprint density at radius 1 is 1.26 bits per heavy atom. The highest BCUT2D eigenvalue weighted by atomic mass is 16.4. The maximum Gasteiger partial charge on any atom is 0.311 e. The maximum absolute atomic E-state index is 12.5. The Labute approximate surface area is 135 Å². The van der Waals surface area contributed by atoms with Crippen LogP contribution in [0.15, 0.2) is 36.5 Å². The van der Waals surface area contributed by atoms with Gasteiger partial charge in [-0.15, -0.1) is 0 Å². The largest absolute Gasteiger partial charge is 0.481 e. The van der Waals surface area contributed by atoms with Crippen LogP contribution in [-0.2, 0) is 16.1 Å². The molecular weight excluding hydrogens is 292 g/mol. The first-order valence-electron chi connectivity index (χ1n) is 8.05. The summed E-state index contributed by atoms with van der Waals surface area (Å²) in [5.74, 6) is -0.777. The number of hydrogen-bond acceptors (Lipinski definition) is 2. The molecule has 1 fully saturated rings. The Kier molecular flexibility index (Phi) is 4.11. The normalized spacial score (nSPS) is 21.5. The minimum Gasteiger partial charge on any atom is -0.481 e. The molecule has 23 heavy (non-hydrogen) atoms. The number of nitrogens with zero attached hydrogens (tertiary/aromatic N) is 2. The van der Waals surface area contributed by atoms with Crippen molar-refractivity contribution in [3.63, 3.8) is 0 Å². The molecule has 3 rings (SSSR count). The van der Waals surface area contributed by atoms with Gasteiger partial charge in [0.15, 0.2) is 0 Å². The van der Waals surface area contributed by atoms with Gasteiger partial charge < -0.3 is 14.6 Å². The van der Waals surface area contributed by atoms with Gasteiger partial charge in [0.2, 0.25) is 5.91 Å². The highest BCUT2D eigenvalue weighted by molar-refractivity contribution is 5.81. The number of fused-ring (bicyclic) bond motifs is 1. The fourth-order valence-corrected chi connectivity index (χ4v) is 3.34. The number of carboxylic acid groups (broad SMARTS) is 1. The van der Waals surface area contributed by atoms with Gasteiger partial charge in [-0.25, -0.2) is 0 Å². The number of likely N-dealkylation sites (tertiary alicyclic amines) is 1.